The summed E-state index contributed by atoms with van der Waals surface area (Å²) in [5, 5.41) is 11.8. The first-order valence-corrected chi connectivity index (χ1v) is 6.74. The molecular formula is C17H13FN2O. The van der Waals surface area contributed by atoms with Gasteiger partial charge in [0.15, 0.2) is 0 Å². The van der Waals surface area contributed by atoms with Gasteiger partial charge < -0.3 is 5.32 Å². The Bertz CT molecular complexity index is 736. The van der Waals surface area contributed by atoms with Gasteiger partial charge in [-0.25, -0.2) is 4.39 Å². The Morgan fingerprint density at radius 2 is 2.05 bits per heavy atom. The Hall–Kier alpha value is -2.67. The Kier molecular flexibility index (Phi) is 3.41. The third-order valence-electron chi connectivity index (χ3n) is 3.71. The van der Waals surface area contributed by atoms with Crippen molar-refractivity contribution in [1.82, 2.24) is 0 Å². The maximum Gasteiger partial charge on any atom is 0.228 e. The van der Waals surface area contributed by atoms with Crippen LogP contribution in [0.15, 0.2) is 48.5 Å². The van der Waals surface area contributed by atoms with Gasteiger partial charge in [0, 0.05) is 5.92 Å². The van der Waals surface area contributed by atoms with Gasteiger partial charge in [0.2, 0.25) is 5.91 Å². The standard InChI is InChI=1S/C17H13FN2O/c18-13-6-3-5-11(8-13)14-9-15(14)17(21)20-16-7-2-1-4-12(16)10-19/h1-8,14-15H,9H2,(H,20,21)/t14-,15-/m1/s1. The number of halogens is 1. The van der Waals surface area contributed by atoms with Gasteiger partial charge in [0.1, 0.15) is 11.9 Å². The molecule has 0 aromatic heterocycles. The number of nitrogens with zero attached hydrogens (tertiary/aromatic N) is 1. The molecule has 0 bridgehead atoms. The van der Waals surface area contributed by atoms with E-state index in [2.05, 4.69) is 5.32 Å². The van der Waals surface area contributed by atoms with Crippen LogP contribution >= 0.6 is 0 Å². The quantitative estimate of drug-likeness (QED) is 0.936. The van der Waals surface area contributed by atoms with Crippen molar-refractivity contribution >= 4 is 11.6 Å². The van der Waals surface area contributed by atoms with E-state index in [1.165, 1.54) is 12.1 Å². The summed E-state index contributed by atoms with van der Waals surface area (Å²) in [5.74, 6) is -0.492. The van der Waals surface area contributed by atoms with E-state index in [0.717, 1.165) is 5.56 Å². The predicted octanol–water partition coefficient (Wildman–Crippen LogP) is 3.44. The van der Waals surface area contributed by atoms with Crippen LogP contribution in [0.25, 0.3) is 0 Å². The Morgan fingerprint density at radius 3 is 2.81 bits per heavy atom. The number of amides is 1. The van der Waals surface area contributed by atoms with Crippen molar-refractivity contribution in [1.29, 1.82) is 5.26 Å². The molecule has 0 heterocycles. The number of rotatable bonds is 3. The number of carbonyl (C=O) groups is 1. The fraction of sp³-hybridized carbons (Fsp3) is 0.176. The van der Waals surface area contributed by atoms with Gasteiger partial charge in [-0.05, 0) is 42.2 Å². The zero-order chi connectivity index (χ0) is 14.8. The summed E-state index contributed by atoms with van der Waals surface area (Å²) >= 11 is 0. The molecule has 1 fully saturated rings. The number of para-hydroxylation sites is 1. The van der Waals surface area contributed by atoms with Gasteiger partial charge >= 0.3 is 0 Å². The van der Waals surface area contributed by atoms with Crippen molar-refractivity contribution in [2.75, 3.05) is 5.32 Å². The van der Waals surface area contributed by atoms with Crippen molar-refractivity contribution in [3.05, 3.63) is 65.5 Å². The van der Waals surface area contributed by atoms with E-state index < -0.39 is 0 Å². The normalized spacial score (nSPS) is 19.6. The van der Waals surface area contributed by atoms with Crippen LogP contribution in [0.1, 0.15) is 23.5 Å². The largest absolute Gasteiger partial charge is 0.325 e. The highest BCUT2D eigenvalue weighted by Crippen LogP contribution is 2.48. The average molecular weight is 280 g/mol. The lowest BCUT2D eigenvalue weighted by atomic mass is 10.1. The molecule has 4 heteroatoms. The summed E-state index contributed by atoms with van der Waals surface area (Å²) < 4.78 is 13.2. The highest BCUT2D eigenvalue weighted by Gasteiger charge is 2.44. The number of carbonyl (C=O) groups excluding carboxylic acids is 1. The molecular weight excluding hydrogens is 267 g/mol. The predicted molar refractivity (Wildman–Crippen MR) is 77.0 cm³/mol. The Morgan fingerprint density at radius 1 is 1.24 bits per heavy atom. The summed E-state index contributed by atoms with van der Waals surface area (Å²) in [6, 6.07) is 15.3. The van der Waals surface area contributed by atoms with E-state index in [4.69, 9.17) is 5.26 Å². The fourth-order valence-corrected chi connectivity index (χ4v) is 2.51. The van der Waals surface area contributed by atoms with Crippen molar-refractivity contribution in [2.45, 2.75) is 12.3 Å². The lowest BCUT2D eigenvalue weighted by Crippen LogP contribution is -2.15. The van der Waals surface area contributed by atoms with Crippen LogP contribution in [0, 0.1) is 23.1 Å². The summed E-state index contributed by atoms with van der Waals surface area (Å²) in [4.78, 5) is 12.2. The molecule has 3 nitrogen and oxygen atoms in total. The van der Waals surface area contributed by atoms with Crippen LogP contribution in [0.3, 0.4) is 0 Å². The van der Waals surface area contributed by atoms with Crippen LogP contribution < -0.4 is 5.32 Å². The number of hydrogen-bond acceptors (Lipinski definition) is 2. The molecule has 2 atom stereocenters. The minimum absolute atomic E-state index is 0.0648. The van der Waals surface area contributed by atoms with Crippen LogP contribution in [-0.4, -0.2) is 5.91 Å². The van der Waals surface area contributed by atoms with Crippen molar-refractivity contribution < 1.29 is 9.18 Å². The second-order valence-corrected chi connectivity index (χ2v) is 5.15. The van der Waals surface area contributed by atoms with Crippen molar-refractivity contribution in [2.24, 2.45) is 5.92 Å². The molecule has 0 spiro atoms. The molecule has 0 saturated heterocycles. The summed E-state index contributed by atoms with van der Waals surface area (Å²) in [5.41, 5.74) is 1.81. The number of nitriles is 1. The lowest BCUT2D eigenvalue weighted by molar-refractivity contribution is -0.117. The van der Waals surface area contributed by atoms with E-state index in [1.54, 1.807) is 30.3 Å². The van der Waals surface area contributed by atoms with E-state index in [-0.39, 0.29) is 23.6 Å². The Balaban J connectivity index is 1.70. The first-order chi connectivity index (χ1) is 10.2. The zero-order valence-electron chi connectivity index (χ0n) is 11.2. The first-order valence-electron chi connectivity index (χ1n) is 6.74. The highest BCUT2D eigenvalue weighted by molar-refractivity contribution is 5.96. The van der Waals surface area contributed by atoms with Crippen LogP contribution in [-0.2, 0) is 4.79 Å². The molecule has 1 saturated carbocycles. The van der Waals surface area contributed by atoms with Gasteiger partial charge in [-0.1, -0.05) is 24.3 Å². The van der Waals surface area contributed by atoms with Crippen LogP contribution in [0.5, 0.6) is 0 Å². The summed E-state index contributed by atoms with van der Waals surface area (Å²) in [6.45, 7) is 0. The lowest BCUT2D eigenvalue weighted by Gasteiger charge is -2.06. The van der Waals surface area contributed by atoms with E-state index in [9.17, 15) is 9.18 Å². The molecule has 1 amide bonds. The summed E-state index contributed by atoms with van der Waals surface area (Å²) in [6.07, 6.45) is 0.712. The molecule has 3 rings (SSSR count). The molecule has 0 unspecified atom stereocenters. The van der Waals surface area contributed by atoms with Gasteiger partial charge in [0.25, 0.3) is 0 Å². The van der Waals surface area contributed by atoms with Crippen LogP contribution in [0.4, 0.5) is 10.1 Å². The van der Waals surface area contributed by atoms with Crippen molar-refractivity contribution in [3.8, 4) is 6.07 Å². The topological polar surface area (TPSA) is 52.9 Å². The van der Waals surface area contributed by atoms with Crippen LogP contribution in [0.2, 0.25) is 0 Å². The van der Waals surface area contributed by atoms with Gasteiger partial charge in [0.05, 0.1) is 11.3 Å². The molecule has 2 aromatic carbocycles. The third kappa shape index (κ3) is 2.77. The summed E-state index contributed by atoms with van der Waals surface area (Å²) in [7, 11) is 0. The van der Waals surface area contributed by atoms with Gasteiger partial charge in [-0.15, -0.1) is 0 Å². The maximum atomic E-state index is 13.2. The molecule has 1 N–H and O–H groups in total. The zero-order valence-corrected chi connectivity index (χ0v) is 11.2. The van der Waals surface area contributed by atoms with Crippen molar-refractivity contribution in [3.63, 3.8) is 0 Å². The SMILES string of the molecule is N#Cc1ccccc1NC(=O)[C@@H]1C[C@@H]1c1cccc(F)c1. The van der Waals surface area contributed by atoms with E-state index in [1.807, 2.05) is 12.1 Å². The number of benzene rings is 2. The molecule has 2 aromatic rings. The van der Waals surface area contributed by atoms with E-state index in [0.29, 0.717) is 17.7 Å². The number of nitrogens with one attached hydrogen (secondary N) is 1. The average Bonchev–Trinajstić information content (AvgIpc) is 3.28. The molecule has 0 radical (unpaired) electrons. The maximum absolute atomic E-state index is 13.2. The van der Waals surface area contributed by atoms with Gasteiger partial charge in [-0.2, -0.15) is 5.26 Å². The fourth-order valence-electron chi connectivity index (χ4n) is 2.51. The highest BCUT2D eigenvalue weighted by atomic mass is 19.1. The van der Waals surface area contributed by atoms with E-state index >= 15 is 0 Å². The minimum Gasteiger partial charge on any atom is -0.325 e. The third-order valence-corrected chi connectivity index (χ3v) is 3.71. The Labute approximate surface area is 122 Å². The van der Waals surface area contributed by atoms with Gasteiger partial charge in [-0.3, -0.25) is 4.79 Å². The molecule has 1 aliphatic rings. The second-order valence-electron chi connectivity index (χ2n) is 5.15. The number of anilines is 1. The smallest absolute Gasteiger partial charge is 0.228 e. The minimum atomic E-state index is -0.284. The monoisotopic (exact) mass is 280 g/mol. The first kappa shape index (κ1) is 13.3. The number of hydrogen-bond donors (Lipinski definition) is 1. The molecule has 0 aliphatic heterocycles. The molecule has 21 heavy (non-hydrogen) atoms. The molecule has 1 aliphatic carbocycles. The second kappa shape index (κ2) is 5.37. The molecule has 104 valence electrons.